The van der Waals surface area contributed by atoms with Gasteiger partial charge in [-0.2, -0.15) is 0 Å². The van der Waals surface area contributed by atoms with E-state index in [1.54, 1.807) is 4.90 Å². The molecule has 62 heavy (non-hydrogen) atoms. The van der Waals surface area contributed by atoms with Crippen LogP contribution in [0.2, 0.25) is 0 Å². The van der Waals surface area contributed by atoms with E-state index in [-0.39, 0.29) is 18.2 Å². The Morgan fingerprint density at radius 3 is 2.31 bits per heavy atom. The normalized spacial score (nSPS) is 16.3. The van der Waals surface area contributed by atoms with Gasteiger partial charge in [0.15, 0.2) is 0 Å². The summed E-state index contributed by atoms with van der Waals surface area (Å²) in [6.07, 6.45) is 4.58. The monoisotopic (exact) mass is 836 g/mol. The number of amides is 2. The fraction of sp³-hybridized carbons (Fsp3) is 0.373. The molecule has 0 radical (unpaired) electrons. The van der Waals surface area contributed by atoms with E-state index in [1.807, 2.05) is 86.9 Å². The first-order valence-electron chi connectivity index (χ1n) is 22.0. The van der Waals surface area contributed by atoms with E-state index >= 15 is 0 Å². The number of ether oxygens (including phenoxy) is 1. The lowest BCUT2D eigenvalue weighted by atomic mass is 9.95. The average Bonchev–Trinajstić information content (AvgIpc) is 3.62. The number of carbonyl (C=O) groups excluding carboxylic acids is 4. The van der Waals surface area contributed by atoms with Gasteiger partial charge in [0, 0.05) is 81.0 Å². The van der Waals surface area contributed by atoms with Gasteiger partial charge in [-0.15, -0.1) is 0 Å². The quantitative estimate of drug-likeness (QED) is 0.105. The first-order chi connectivity index (χ1) is 30.2. The zero-order valence-corrected chi connectivity index (χ0v) is 36.4. The number of piperidine rings is 1. The molecule has 324 valence electrons. The molecule has 2 amide bonds. The van der Waals surface area contributed by atoms with E-state index < -0.39 is 6.04 Å². The number of likely N-dealkylation sites (tertiary alicyclic amines) is 1. The number of aldehydes is 2. The summed E-state index contributed by atoms with van der Waals surface area (Å²) < 4.78 is 6.17. The number of nitrogens with one attached hydrogen (secondary N) is 2. The van der Waals surface area contributed by atoms with Crippen molar-refractivity contribution in [1.82, 2.24) is 25.3 Å². The van der Waals surface area contributed by atoms with Crippen LogP contribution in [0.4, 0.5) is 5.69 Å². The SMILES string of the molecule is CNC.Cc1ccc(Oc2cccc3cc(C(=O)NCc4cccc(CN5CCC(CN6CCN(c7ccc8c(c7)CN(C(C=O)CCC=O)C8=O)CC6)CC5)c4)ccc23)cc1. The van der Waals surface area contributed by atoms with Gasteiger partial charge in [-0.3, -0.25) is 19.4 Å². The maximum absolute atomic E-state index is 13.3. The molecule has 5 aromatic rings. The van der Waals surface area contributed by atoms with E-state index in [1.165, 1.54) is 24.0 Å². The first kappa shape index (κ1) is 44.2. The Morgan fingerprint density at radius 1 is 0.823 bits per heavy atom. The van der Waals surface area contributed by atoms with Crippen LogP contribution in [0.15, 0.2) is 103 Å². The number of rotatable bonds is 15. The lowest BCUT2D eigenvalue weighted by Crippen LogP contribution is -2.48. The van der Waals surface area contributed by atoms with Crippen molar-refractivity contribution in [3.63, 3.8) is 0 Å². The number of carbonyl (C=O) groups is 4. The highest BCUT2D eigenvalue weighted by Crippen LogP contribution is 2.32. The molecular weight excluding hydrogens is 777 g/mol. The molecule has 1 atom stereocenters. The second-order valence-corrected chi connectivity index (χ2v) is 16.8. The summed E-state index contributed by atoms with van der Waals surface area (Å²) in [6.45, 7) is 11.0. The molecule has 2 fully saturated rings. The summed E-state index contributed by atoms with van der Waals surface area (Å²) in [7, 11) is 3.75. The highest BCUT2D eigenvalue weighted by Gasteiger charge is 2.33. The second-order valence-electron chi connectivity index (χ2n) is 16.8. The highest BCUT2D eigenvalue weighted by atomic mass is 16.5. The number of fused-ring (bicyclic) bond motifs is 2. The number of anilines is 1. The van der Waals surface area contributed by atoms with Gasteiger partial charge in [0.05, 0.1) is 6.04 Å². The van der Waals surface area contributed by atoms with Gasteiger partial charge in [-0.25, -0.2) is 0 Å². The molecule has 0 saturated carbocycles. The summed E-state index contributed by atoms with van der Waals surface area (Å²) in [4.78, 5) is 57.9. The molecule has 0 bridgehead atoms. The Balaban J connectivity index is 0.00000187. The van der Waals surface area contributed by atoms with Crippen LogP contribution in [0, 0.1) is 12.8 Å². The minimum atomic E-state index is -0.568. The Kier molecular flexibility index (Phi) is 15.2. The van der Waals surface area contributed by atoms with Crippen LogP contribution in [0.1, 0.15) is 68.7 Å². The van der Waals surface area contributed by atoms with E-state index in [4.69, 9.17) is 4.74 Å². The van der Waals surface area contributed by atoms with Gasteiger partial charge < -0.3 is 34.8 Å². The zero-order valence-electron chi connectivity index (χ0n) is 36.4. The van der Waals surface area contributed by atoms with Crippen LogP contribution in [-0.2, 0) is 29.2 Å². The van der Waals surface area contributed by atoms with E-state index in [0.29, 0.717) is 36.6 Å². The lowest BCUT2D eigenvalue weighted by molar-refractivity contribution is -0.112. The third kappa shape index (κ3) is 11.1. The van der Waals surface area contributed by atoms with Crippen LogP contribution < -0.4 is 20.3 Å². The van der Waals surface area contributed by atoms with E-state index in [9.17, 15) is 19.2 Å². The summed E-state index contributed by atoms with van der Waals surface area (Å²) in [5, 5.41) is 7.79. The Morgan fingerprint density at radius 2 is 1.56 bits per heavy atom. The van der Waals surface area contributed by atoms with Gasteiger partial charge in [0.1, 0.15) is 24.1 Å². The topological polar surface area (TPSA) is 115 Å². The molecule has 2 N–H and O–H groups in total. The zero-order chi connectivity index (χ0) is 43.4. The number of hydrogen-bond acceptors (Lipinski definition) is 9. The number of piperazine rings is 1. The third-order valence-electron chi connectivity index (χ3n) is 12.2. The van der Waals surface area contributed by atoms with Gasteiger partial charge in [-0.05, 0) is 136 Å². The van der Waals surface area contributed by atoms with Crippen molar-refractivity contribution in [2.45, 2.75) is 58.3 Å². The molecule has 5 aromatic carbocycles. The summed E-state index contributed by atoms with van der Waals surface area (Å²) >= 11 is 0. The van der Waals surface area contributed by atoms with Crippen LogP contribution in [0.5, 0.6) is 11.5 Å². The Labute approximate surface area is 366 Å². The van der Waals surface area contributed by atoms with Crippen LogP contribution in [0.3, 0.4) is 0 Å². The average molecular weight is 837 g/mol. The van der Waals surface area contributed by atoms with Crippen molar-refractivity contribution in [1.29, 1.82) is 0 Å². The minimum Gasteiger partial charge on any atom is -0.457 e. The molecule has 2 saturated heterocycles. The fourth-order valence-corrected chi connectivity index (χ4v) is 8.81. The van der Waals surface area contributed by atoms with Crippen molar-refractivity contribution in [3.05, 3.63) is 137 Å². The number of aryl methyl sites for hydroxylation is 1. The molecule has 0 aromatic heterocycles. The molecular formula is C51H60N6O5. The van der Waals surface area contributed by atoms with Gasteiger partial charge >= 0.3 is 0 Å². The summed E-state index contributed by atoms with van der Waals surface area (Å²) in [6, 6.07) is 33.7. The van der Waals surface area contributed by atoms with Crippen LogP contribution >= 0.6 is 0 Å². The number of nitrogens with zero attached hydrogens (tertiary/aromatic N) is 4. The van der Waals surface area contributed by atoms with Gasteiger partial charge in [-0.1, -0.05) is 54.1 Å². The van der Waals surface area contributed by atoms with Crippen LogP contribution in [-0.4, -0.2) is 105 Å². The van der Waals surface area contributed by atoms with Crippen molar-refractivity contribution >= 4 is 40.8 Å². The van der Waals surface area contributed by atoms with Crippen molar-refractivity contribution in [2.24, 2.45) is 5.92 Å². The molecule has 3 heterocycles. The van der Waals surface area contributed by atoms with Crippen molar-refractivity contribution < 1.29 is 23.9 Å². The van der Waals surface area contributed by atoms with E-state index in [2.05, 4.69) is 62.6 Å². The Hall–Kier alpha value is -5.88. The molecule has 0 aliphatic carbocycles. The van der Waals surface area contributed by atoms with Crippen molar-refractivity contribution in [3.8, 4) is 11.5 Å². The molecule has 8 rings (SSSR count). The Bertz CT molecular complexity index is 2320. The smallest absolute Gasteiger partial charge is 0.255 e. The predicted molar refractivity (Wildman–Crippen MR) is 246 cm³/mol. The third-order valence-corrected chi connectivity index (χ3v) is 12.2. The molecule has 3 aliphatic rings. The largest absolute Gasteiger partial charge is 0.457 e. The maximum atomic E-state index is 13.3. The molecule has 1 unspecified atom stereocenters. The maximum Gasteiger partial charge on any atom is 0.255 e. The van der Waals surface area contributed by atoms with Gasteiger partial charge in [0.2, 0.25) is 0 Å². The molecule has 0 spiro atoms. The standard InChI is InChI=1S/C49H53N5O5.C2H7N/c1-35-10-14-44(15-11-35)59-47-9-3-7-39-28-40(12-16-45(39)47)48(57)50-30-37-5-2-6-38(27-37)32-51-20-18-36(19-21-51)31-52-22-24-53(25-23-52)42-13-17-46-41(29-42)33-54(49(46)58)43(34-56)8-4-26-55;1-3-2/h2-3,5-7,9-17,26-29,34,36,43H,4,8,18-25,30-33H2,1H3,(H,50,57);3H,1-2H3. The summed E-state index contributed by atoms with van der Waals surface area (Å²) in [5.74, 6) is 2.00. The number of hydrogen-bond donors (Lipinski definition) is 2. The van der Waals surface area contributed by atoms with E-state index in [0.717, 1.165) is 104 Å². The minimum absolute atomic E-state index is 0.100. The summed E-state index contributed by atoms with van der Waals surface area (Å²) in [5.41, 5.74) is 6.89. The first-order valence-corrected chi connectivity index (χ1v) is 22.0. The molecule has 11 heteroatoms. The fourth-order valence-electron chi connectivity index (χ4n) is 8.81. The lowest BCUT2D eigenvalue weighted by Gasteiger charge is -2.39. The van der Waals surface area contributed by atoms with Crippen molar-refractivity contribution in [2.75, 3.05) is 64.8 Å². The predicted octanol–water partition coefficient (Wildman–Crippen LogP) is 7.24. The second kappa shape index (κ2) is 21.3. The number of benzene rings is 5. The molecule has 3 aliphatic heterocycles. The molecule has 11 nitrogen and oxygen atoms in total. The van der Waals surface area contributed by atoms with Crippen LogP contribution in [0.25, 0.3) is 10.8 Å². The highest BCUT2D eigenvalue weighted by molar-refractivity contribution is 6.01. The van der Waals surface area contributed by atoms with Gasteiger partial charge in [0.25, 0.3) is 11.8 Å².